The van der Waals surface area contributed by atoms with Gasteiger partial charge in [0.05, 0.1) is 18.8 Å². The van der Waals surface area contributed by atoms with Gasteiger partial charge < -0.3 is 14.8 Å². The van der Waals surface area contributed by atoms with Crippen LogP contribution in [0.4, 0.5) is 0 Å². The Kier molecular flexibility index (Phi) is 5.26. The fourth-order valence-electron chi connectivity index (χ4n) is 2.96. The van der Waals surface area contributed by atoms with Gasteiger partial charge >= 0.3 is 0 Å². The highest BCUT2D eigenvalue weighted by Gasteiger charge is 2.24. The zero-order valence-corrected chi connectivity index (χ0v) is 11.3. The second-order valence-electron chi connectivity index (χ2n) is 5.74. The fraction of sp³-hybridized carbons (Fsp3) is 1.00. The summed E-state index contributed by atoms with van der Waals surface area (Å²) in [7, 11) is 0. The Morgan fingerprint density at radius 2 is 1.82 bits per heavy atom. The summed E-state index contributed by atoms with van der Waals surface area (Å²) in [5, 5.41) is 3.75. The molecule has 1 N–H and O–H groups in total. The Bertz CT molecular complexity index is 206. The van der Waals surface area contributed by atoms with Gasteiger partial charge in [0.25, 0.3) is 0 Å². The third kappa shape index (κ3) is 4.57. The van der Waals surface area contributed by atoms with E-state index in [1.165, 1.54) is 38.5 Å². The van der Waals surface area contributed by atoms with E-state index in [9.17, 15) is 0 Å². The van der Waals surface area contributed by atoms with Crippen LogP contribution in [0.2, 0.25) is 0 Å². The third-order valence-electron chi connectivity index (χ3n) is 3.77. The highest BCUT2D eigenvalue weighted by molar-refractivity contribution is 4.82. The summed E-state index contributed by atoms with van der Waals surface area (Å²) >= 11 is 0. The summed E-state index contributed by atoms with van der Waals surface area (Å²) in [5.74, 6) is 0. The Morgan fingerprint density at radius 3 is 2.41 bits per heavy atom. The molecule has 0 amide bonds. The van der Waals surface area contributed by atoms with E-state index in [-0.39, 0.29) is 0 Å². The molecule has 0 aromatic rings. The molecule has 1 unspecified atom stereocenters. The maximum Gasteiger partial charge on any atom is 0.0619 e. The van der Waals surface area contributed by atoms with Crippen LogP contribution in [0.3, 0.4) is 0 Å². The van der Waals surface area contributed by atoms with Crippen molar-refractivity contribution in [3.8, 4) is 0 Å². The topological polar surface area (TPSA) is 30.5 Å². The second kappa shape index (κ2) is 6.72. The van der Waals surface area contributed by atoms with Gasteiger partial charge in [-0.25, -0.2) is 0 Å². The molecule has 2 rings (SSSR count). The summed E-state index contributed by atoms with van der Waals surface area (Å²) in [4.78, 5) is 0. The normalized spacial score (nSPS) is 35.1. The molecule has 0 aromatic carbocycles. The van der Waals surface area contributed by atoms with Crippen LogP contribution in [0, 0.1) is 0 Å². The largest absolute Gasteiger partial charge is 0.380 e. The number of hydrogen-bond acceptors (Lipinski definition) is 3. The van der Waals surface area contributed by atoms with Crippen molar-refractivity contribution in [2.24, 2.45) is 0 Å². The lowest BCUT2D eigenvalue weighted by Gasteiger charge is -2.34. The molecule has 1 aliphatic heterocycles. The van der Waals surface area contributed by atoms with Gasteiger partial charge in [0.15, 0.2) is 0 Å². The van der Waals surface area contributed by atoms with Gasteiger partial charge in [0.2, 0.25) is 0 Å². The van der Waals surface area contributed by atoms with Gasteiger partial charge in [-0.2, -0.15) is 0 Å². The molecule has 3 nitrogen and oxygen atoms in total. The van der Waals surface area contributed by atoms with Crippen LogP contribution in [-0.4, -0.2) is 37.5 Å². The number of hydrogen-bond donors (Lipinski definition) is 1. The summed E-state index contributed by atoms with van der Waals surface area (Å²) in [6, 6.07) is 1.28. The minimum absolute atomic E-state index is 0.372. The van der Waals surface area contributed by atoms with E-state index in [1.54, 1.807) is 0 Å². The Balaban J connectivity index is 1.64. The van der Waals surface area contributed by atoms with Gasteiger partial charge in [-0.1, -0.05) is 0 Å². The molecule has 17 heavy (non-hydrogen) atoms. The van der Waals surface area contributed by atoms with Gasteiger partial charge in [-0.15, -0.1) is 0 Å². The molecule has 1 saturated heterocycles. The standard InChI is InChI=1S/C14H27NO2/c1-11(2)17-14-7-5-12(6-8-14)15-13-4-3-9-16-10-13/h11-15H,3-10H2,1-2H3. The van der Waals surface area contributed by atoms with E-state index in [0.717, 1.165) is 13.2 Å². The quantitative estimate of drug-likeness (QED) is 0.820. The maximum absolute atomic E-state index is 5.88. The van der Waals surface area contributed by atoms with Crippen LogP contribution in [0.1, 0.15) is 52.4 Å². The summed E-state index contributed by atoms with van der Waals surface area (Å²) < 4.78 is 11.4. The van der Waals surface area contributed by atoms with Crippen LogP contribution >= 0.6 is 0 Å². The maximum atomic E-state index is 5.88. The number of rotatable bonds is 4. The van der Waals surface area contributed by atoms with Gasteiger partial charge in [-0.05, 0) is 52.4 Å². The Morgan fingerprint density at radius 1 is 1.06 bits per heavy atom. The van der Waals surface area contributed by atoms with E-state index in [2.05, 4.69) is 19.2 Å². The van der Waals surface area contributed by atoms with Crippen molar-refractivity contribution in [1.82, 2.24) is 5.32 Å². The van der Waals surface area contributed by atoms with E-state index < -0.39 is 0 Å². The molecule has 0 bridgehead atoms. The summed E-state index contributed by atoms with van der Waals surface area (Å²) in [6.45, 7) is 6.11. The minimum Gasteiger partial charge on any atom is -0.380 e. The van der Waals surface area contributed by atoms with Crippen molar-refractivity contribution in [3.63, 3.8) is 0 Å². The van der Waals surface area contributed by atoms with Gasteiger partial charge in [-0.3, -0.25) is 0 Å². The molecular weight excluding hydrogens is 214 g/mol. The van der Waals surface area contributed by atoms with Crippen LogP contribution in [0.15, 0.2) is 0 Å². The molecule has 1 atom stereocenters. The van der Waals surface area contributed by atoms with Crippen molar-refractivity contribution in [1.29, 1.82) is 0 Å². The van der Waals surface area contributed by atoms with Gasteiger partial charge in [0, 0.05) is 18.7 Å². The molecule has 1 heterocycles. The molecule has 2 aliphatic rings. The molecule has 2 fully saturated rings. The van der Waals surface area contributed by atoms with E-state index in [1.807, 2.05) is 0 Å². The number of ether oxygens (including phenoxy) is 2. The molecule has 0 radical (unpaired) electrons. The van der Waals surface area contributed by atoms with Crippen LogP contribution < -0.4 is 5.32 Å². The van der Waals surface area contributed by atoms with E-state index in [4.69, 9.17) is 9.47 Å². The summed E-state index contributed by atoms with van der Waals surface area (Å²) in [6.07, 6.45) is 8.30. The average molecular weight is 241 g/mol. The van der Waals surface area contributed by atoms with Crippen molar-refractivity contribution in [2.75, 3.05) is 13.2 Å². The Labute approximate surface area is 105 Å². The Hall–Kier alpha value is -0.120. The molecule has 100 valence electrons. The van der Waals surface area contributed by atoms with Crippen molar-refractivity contribution in [3.05, 3.63) is 0 Å². The monoisotopic (exact) mass is 241 g/mol. The molecule has 1 aliphatic carbocycles. The summed E-state index contributed by atoms with van der Waals surface area (Å²) in [5.41, 5.74) is 0. The van der Waals surface area contributed by atoms with Crippen molar-refractivity contribution < 1.29 is 9.47 Å². The first-order valence-corrected chi connectivity index (χ1v) is 7.23. The first-order valence-electron chi connectivity index (χ1n) is 7.23. The highest BCUT2D eigenvalue weighted by Crippen LogP contribution is 2.23. The minimum atomic E-state index is 0.372. The molecule has 3 heteroatoms. The number of nitrogens with one attached hydrogen (secondary N) is 1. The lowest BCUT2D eigenvalue weighted by Crippen LogP contribution is -2.45. The van der Waals surface area contributed by atoms with Gasteiger partial charge in [0.1, 0.15) is 0 Å². The van der Waals surface area contributed by atoms with Crippen molar-refractivity contribution >= 4 is 0 Å². The predicted octanol–water partition coefficient (Wildman–Crippen LogP) is 2.49. The average Bonchev–Trinajstić information content (AvgIpc) is 2.32. The lowest BCUT2D eigenvalue weighted by molar-refractivity contribution is -0.0186. The molecular formula is C14H27NO2. The first-order chi connectivity index (χ1) is 8.24. The van der Waals surface area contributed by atoms with Crippen LogP contribution in [0.25, 0.3) is 0 Å². The zero-order chi connectivity index (χ0) is 12.1. The van der Waals surface area contributed by atoms with Crippen molar-refractivity contribution in [2.45, 2.75) is 76.7 Å². The van der Waals surface area contributed by atoms with E-state index in [0.29, 0.717) is 24.3 Å². The zero-order valence-electron chi connectivity index (χ0n) is 11.3. The molecule has 0 spiro atoms. The highest BCUT2D eigenvalue weighted by atomic mass is 16.5. The lowest BCUT2D eigenvalue weighted by atomic mass is 9.92. The fourth-order valence-corrected chi connectivity index (χ4v) is 2.96. The molecule has 0 aromatic heterocycles. The smallest absolute Gasteiger partial charge is 0.0619 e. The van der Waals surface area contributed by atoms with Crippen LogP contribution in [0.5, 0.6) is 0 Å². The SMILES string of the molecule is CC(C)OC1CCC(NC2CCCOC2)CC1. The predicted molar refractivity (Wildman–Crippen MR) is 69.2 cm³/mol. The van der Waals surface area contributed by atoms with Crippen LogP contribution in [-0.2, 0) is 9.47 Å². The first kappa shape index (κ1) is 13.3. The second-order valence-corrected chi connectivity index (χ2v) is 5.74. The third-order valence-corrected chi connectivity index (χ3v) is 3.77. The molecule has 1 saturated carbocycles. The van der Waals surface area contributed by atoms with E-state index >= 15 is 0 Å².